The van der Waals surface area contributed by atoms with Crippen molar-refractivity contribution >= 4 is 11.9 Å². The molecule has 0 fully saturated rings. The summed E-state index contributed by atoms with van der Waals surface area (Å²) in [5.74, 6) is -1.18. The molecule has 2 rings (SSSR count). The summed E-state index contributed by atoms with van der Waals surface area (Å²) in [7, 11) is 1.26. The second kappa shape index (κ2) is 6.52. The second-order valence-corrected chi connectivity index (χ2v) is 4.09. The number of ether oxygens (including phenoxy) is 2. The van der Waals surface area contributed by atoms with Crippen LogP contribution in [-0.2, 0) is 14.3 Å². The van der Waals surface area contributed by atoms with Gasteiger partial charge in [-0.25, -0.2) is 9.59 Å². The summed E-state index contributed by atoms with van der Waals surface area (Å²) in [6.07, 6.45) is -1.06. The predicted octanol–water partition coefficient (Wildman–Crippen LogP) is 2.76. The zero-order valence-corrected chi connectivity index (χ0v) is 11.0. The molecule has 0 unspecified atom stereocenters. The van der Waals surface area contributed by atoms with Gasteiger partial charge in [0.05, 0.1) is 12.7 Å². The van der Waals surface area contributed by atoms with E-state index in [-0.39, 0.29) is 0 Å². The van der Waals surface area contributed by atoms with Crippen molar-refractivity contribution in [1.29, 1.82) is 0 Å². The summed E-state index contributed by atoms with van der Waals surface area (Å²) in [5, 5.41) is 0. The van der Waals surface area contributed by atoms with Crippen LogP contribution in [0.4, 0.5) is 0 Å². The number of benzene rings is 2. The summed E-state index contributed by atoms with van der Waals surface area (Å²) in [6.45, 7) is 0. The molecule has 4 nitrogen and oxygen atoms in total. The first-order valence-corrected chi connectivity index (χ1v) is 6.11. The lowest BCUT2D eigenvalue weighted by atomic mass is 10.1. The van der Waals surface area contributed by atoms with Crippen molar-refractivity contribution in [2.24, 2.45) is 0 Å². The Bertz CT molecular complexity index is 578. The molecule has 0 radical (unpaired) electrons. The molecule has 0 heterocycles. The maximum atomic E-state index is 12.0. The van der Waals surface area contributed by atoms with Crippen LogP contribution in [0.1, 0.15) is 22.0 Å². The summed E-state index contributed by atoms with van der Waals surface area (Å²) < 4.78 is 9.95. The lowest BCUT2D eigenvalue weighted by Gasteiger charge is -2.16. The van der Waals surface area contributed by atoms with E-state index in [1.807, 2.05) is 6.07 Å². The van der Waals surface area contributed by atoms with E-state index in [1.54, 1.807) is 54.6 Å². The molecular formula is C16H14O4. The molecule has 4 heteroatoms. The van der Waals surface area contributed by atoms with E-state index in [9.17, 15) is 9.59 Å². The molecule has 2 aromatic carbocycles. The summed E-state index contributed by atoms with van der Waals surface area (Å²) >= 11 is 0. The van der Waals surface area contributed by atoms with Crippen LogP contribution < -0.4 is 0 Å². The van der Waals surface area contributed by atoms with Crippen LogP contribution in [0.5, 0.6) is 0 Å². The normalized spacial score (nSPS) is 11.4. The fraction of sp³-hybridized carbons (Fsp3) is 0.125. The van der Waals surface area contributed by atoms with Crippen molar-refractivity contribution in [2.45, 2.75) is 6.10 Å². The molecule has 0 aliphatic heterocycles. The molecule has 102 valence electrons. The maximum absolute atomic E-state index is 12.0. The SMILES string of the molecule is COC(=O)[C@H](OC(=O)c1ccccc1)c1ccccc1. The molecule has 0 aliphatic rings. The van der Waals surface area contributed by atoms with E-state index in [0.717, 1.165) is 0 Å². The Morgan fingerprint density at radius 3 is 2.00 bits per heavy atom. The molecule has 0 spiro atoms. The number of methoxy groups -OCH3 is 1. The zero-order valence-electron chi connectivity index (χ0n) is 11.0. The molecule has 0 aromatic heterocycles. The summed E-state index contributed by atoms with van der Waals surface area (Å²) in [6, 6.07) is 17.3. The van der Waals surface area contributed by atoms with E-state index in [1.165, 1.54) is 7.11 Å². The third-order valence-electron chi connectivity index (χ3n) is 2.75. The quantitative estimate of drug-likeness (QED) is 0.802. The molecule has 0 bridgehead atoms. The molecule has 1 atom stereocenters. The van der Waals surface area contributed by atoms with Crippen molar-refractivity contribution < 1.29 is 19.1 Å². The molecule has 20 heavy (non-hydrogen) atoms. The number of carbonyl (C=O) groups is 2. The number of carbonyl (C=O) groups excluding carboxylic acids is 2. The van der Waals surface area contributed by atoms with Crippen molar-refractivity contribution in [2.75, 3.05) is 7.11 Å². The third kappa shape index (κ3) is 3.23. The van der Waals surface area contributed by atoms with E-state index in [4.69, 9.17) is 4.74 Å². The van der Waals surface area contributed by atoms with Gasteiger partial charge in [-0.1, -0.05) is 48.5 Å². The van der Waals surface area contributed by atoms with Gasteiger partial charge in [0.2, 0.25) is 6.10 Å². The molecule has 0 saturated heterocycles. The van der Waals surface area contributed by atoms with Gasteiger partial charge in [-0.2, -0.15) is 0 Å². The van der Waals surface area contributed by atoms with Gasteiger partial charge in [0.1, 0.15) is 0 Å². The van der Waals surface area contributed by atoms with Crippen LogP contribution in [0.15, 0.2) is 60.7 Å². The van der Waals surface area contributed by atoms with Crippen molar-refractivity contribution in [3.63, 3.8) is 0 Å². The Balaban J connectivity index is 2.21. The highest BCUT2D eigenvalue weighted by molar-refractivity contribution is 5.91. The van der Waals surface area contributed by atoms with Crippen molar-refractivity contribution in [1.82, 2.24) is 0 Å². The van der Waals surface area contributed by atoms with Gasteiger partial charge in [0.15, 0.2) is 0 Å². The average Bonchev–Trinajstić information content (AvgIpc) is 2.53. The van der Waals surface area contributed by atoms with Gasteiger partial charge in [-0.05, 0) is 12.1 Å². The molecule has 0 N–H and O–H groups in total. The van der Waals surface area contributed by atoms with E-state index < -0.39 is 18.0 Å². The van der Waals surface area contributed by atoms with E-state index in [0.29, 0.717) is 11.1 Å². The Morgan fingerprint density at radius 2 is 1.45 bits per heavy atom. The highest BCUT2D eigenvalue weighted by Crippen LogP contribution is 2.20. The van der Waals surface area contributed by atoms with E-state index >= 15 is 0 Å². The van der Waals surface area contributed by atoms with Gasteiger partial charge >= 0.3 is 11.9 Å². The minimum atomic E-state index is -1.06. The molecular weight excluding hydrogens is 256 g/mol. The van der Waals surface area contributed by atoms with Crippen molar-refractivity contribution in [3.8, 4) is 0 Å². The standard InChI is InChI=1S/C16H14O4/c1-19-16(18)14(12-8-4-2-5-9-12)20-15(17)13-10-6-3-7-11-13/h2-11,14H,1H3/t14-/m1/s1. The lowest BCUT2D eigenvalue weighted by Crippen LogP contribution is -2.21. The van der Waals surface area contributed by atoms with Crippen LogP contribution in [-0.4, -0.2) is 19.0 Å². The fourth-order valence-corrected chi connectivity index (χ4v) is 1.74. The first kappa shape index (κ1) is 13.8. The van der Waals surface area contributed by atoms with Crippen LogP contribution in [0, 0.1) is 0 Å². The highest BCUT2D eigenvalue weighted by Gasteiger charge is 2.26. The lowest BCUT2D eigenvalue weighted by molar-refractivity contribution is -0.151. The maximum Gasteiger partial charge on any atom is 0.351 e. The van der Waals surface area contributed by atoms with Gasteiger partial charge in [0.25, 0.3) is 0 Å². The second-order valence-electron chi connectivity index (χ2n) is 4.09. The minimum Gasteiger partial charge on any atom is -0.466 e. The van der Waals surface area contributed by atoms with Crippen LogP contribution in [0.2, 0.25) is 0 Å². The Kier molecular flexibility index (Phi) is 4.50. The highest BCUT2D eigenvalue weighted by atomic mass is 16.6. The van der Waals surface area contributed by atoms with Crippen molar-refractivity contribution in [3.05, 3.63) is 71.8 Å². The fourth-order valence-electron chi connectivity index (χ4n) is 1.74. The number of rotatable bonds is 4. The molecule has 0 aliphatic carbocycles. The summed E-state index contributed by atoms with van der Waals surface area (Å²) in [4.78, 5) is 23.8. The molecule has 0 saturated carbocycles. The predicted molar refractivity (Wildman–Crippen MR) is 73.1 cm³/mol. The Labute approximate surface area is 116 Å². The van der Waals surface area contributed by atoms with E-state index in [2.05, 4.69) is 4.74 Å². The molecule has 0 amide bonds. The zero-order chi connectivity index (χ0) is 14.4. The number of hydrogen-bond donors (Lipinski definition) is 0. The Morgan fingerprint density at radius 1 is 0.900 bits per heavy atom. The average molecular weight is 270 g/mol. The van der Waals surface area contributed by atoms with Gasteiger partial charge in [-0.3, -0.25) is 0 Å². The monoisotopic (exact) mass is 270 g/mol. The first-order valence-electron chi connectivity index (χ1n) is 6.11. The summed E-state index contributed by atoms with van der Waals surface area (Å²) in [5.41, 5.74) is 0.959. The third-order valence-corrected chi connectivity index (χ3v) is 2.75. The van der Waals surface area contributed by atoms with Gasteiger partial charge < -0.3 is 9.47 Å². The van der Waals surface area contributed by atoms with Crippen LogP contribution in [0.3, 0.4) is 0 Å². The smallest absolute Gasteiger partial charge is 0.351 e. The van der Waals surface area contributed by atoms with Crippen LogP contribution in [0.25, 0.3) is 0 Å². The Hall–Kier alpha value is -2.62. The topological polar surface area (TPSA) is 52.6 Å². The number of hydrogen-bond acceptors (Lipinski definition) is 4. The number of esters is 2. The van der Waals surface area contributed by atoms with Gasteiger partial charge in [0, 0.05) is 5.56 Å². The minimum absolute atomic E-state index is 0.386. The van der Waals surface area contributed by atoms with Gasteiger partial charge in [-0.15, -0.1) is 0 Å². The molecule has 2 aromatic rings. The largest absolute Gasteiger partial charge is 0.466 e. The van der Waals surface area contributed by atoms with Crippen LogP contribution >= 0.6 is 0 Å². The first-order chi connectivity index (χ1) is 9.72.